The van der Waals surface area contributed by atoms with Crippen LogP contribution >= 0.6 is 0 Å². The predicted molar refractivity (Wildman–Crippen MR) is 80.5 cm³/mol. The molecule has 0 bridgehead atoms. The SMILES string of the molecule is CC(OCCn1cnc2c(N)ncnc21)c1ccccc1. The molecule has 1 atom stereocenters. The first-order chi connectivity index (χ1) is 10.3. The number of fused-ring (bicyclic) bond motifs is 1. The first-order valence-corrected chi connectivity index (χ1v) is 6.83. The molecule has 6 heteroatoms. The minimum Gasteiger partial charge on any atom is -0.382 e. The summed E-state index contributed by atoms with van der Waals surface area (Å²) in [4.78, 5) is 12.4. The maximum atomic E-state index is 5.86. The van der Waals surface area contributed by atoms with Crippen molar-refractivity contribution in [1.82, 2.24) is 19.5 Å². The molecule has 0 radical (unpaired) electrons. The van der Waals surface area contributed by atoms with Crippen LogP contribution in [0.25, 0.3) is 11.2 Å². The van der Waals surface area contributed by atoms with Gasteiger partial charge in [-0.2, -0.15) is 0 Å². The lowest BCUT2D eigenvalue weighted by atomic mass is 10.1. The van der Waals surface area contributed by atoms with Gasteiger partial charge in [0.1, 0.15) is 11.8 Å². The lowest BCUT2D eigenvalue weighted by molar-refractivity contribution is 0.0604. The Morgan fingerprint density at radius 1 is 1.19 bits per heavy atom. The molecule has 0 saturated carbocycles. The second-order valence-electron chi connectivity index (χ2n) is 4.79. The van der Waals surface area contributed by atoms with Crippen LogP contribution in [0.4, 0.5) is 5.82 Å². The zero-order valence-electron chi connectivity index (χ0n) is 11.8. The van der Waals surface area contributed by atoms with E-state index in [0.717, 1.165) is 5.65 Å². The van der Waals surface area contributed by atoms with E-state index in [1.807, 2.05) is 29.7 Å². The topological polar surface area (TPSA) is 78.9 Å². The Hall–Kier alpha value is -2.47. The number of nitrogens with zero attached hydrogens (tertiary/aromatic N) is 4. The number of aromatic nitrogens is 4. The Morgan fingerprint density at radius 3 is 2.81 bits per heavy atom. The van der Waals surface area contributed by atoms with E-state index in [2.05, 4.69) is 27.1 Å². The molecule has 1 aromatic carbocycles. The van der Waals surface area contributed by atoms with Gasteiger partial charge in [-0.15, -0.1) is 0 Å². The van der Waals surface area contributed by atoms with Crippen molar-refractivity contribution in [2.75, 3.05) is 12.3 Å². The maximum absolute atomic E-state index is 5.86. The number of benzene rings is 1. The predicted octanol–water partition coefficient (Wildman–Crippen LogP) is 2.19. The van der Waals surface area contributed by atoms with E-state index in [1.165, 1.54) is 11.9 Å². The van der Waals surface area contributed by atoms with Crippen LogP contribution in [0, 0.1) is 0 Å². The van der Waals surface area contributed by atoms with Gasteiger partial charge in [-0.25, -0.2) is 15.0 Å². The van der Waals surface area contributed by atoms with Crippen LogP contribution in [0.15, 0.2) is 43.0 Å². The molecule has 108 valence electrons. The lowest BCUT2D eigenvalue weighted by Crippen LogP contribution is -2.08. The van der Waals surface area contributed by atoms with E-state index >= 15 is 0 Å². The summed E-state index contributed by atoms with van der Waals surface area (Å²) in [5.74, 6) is 0.400. The number of nitrogens with two attached hydrogens (primary N) is 1. The standard InChI is InChI=1S/C15H17N5O/c1-11(12-5-3-2-4-6-12)21-8-7-20-10-19-13-14(16)17-9-18-15(13)20/h2-6,9-11H,7-8H2,1H3,(H2,16,17,18). The summed E-state index contributed by atoms with van der Waals surface area (Å²) < 4.78 is 7.78. The fraction of sp³-hybridized carbons (Fsp3) is 0.267. The molecule has 0 aliphatic rings. The fourth-order valence-corrected chi connectivity index (χ4v) is 2.21. The third-order valence-electron chi connectivity index (χ3n) is 3.40. The molecule has 21 heavy (non-hydrogen) atoms. The van der Waals surface area contributed by atoms with Crippen molar-refractivity contribution >= 4 is 17.0 Å². The molecule has 0 saturated heterocycles. The highest BCUT2D eigenvalue weighted by molar-refractivity contribution is 5.80. The summed E-state index contributed by atoms with van der Waals surface area (Å²) in [6, 6.07) is 10.1. The summed E-state index contributed by atoms with van der Waals surface area (Å²) >= 11 is 0. The van der Waals surface area contributed by atoms with Crippen LogP contribution in [0.5, 0.6) is 0 Å². The number of rotatable bonds is 5. The summed E-state index contributed by atoms with van der Waals surface area (Å²) in [6.45, 7) is 3.29. The van der Waals surface area contributed by atoms with Crippen LogP contribution in [0.1, 0.15) is 18.6 Å². The van der Waals surface area contributed by atoms with Gasteiger partial charge in [0, 0.05) is 6.54 Å². The first kappa shape index (κ1) is 13.5. The van der Waals surface area contributed by atoms with Gasteiger partial charge in [0.2, 0.25) is 0 Å². The molecular weight excluding hydrogens is 266 g/mol. The second-order valence-corrected chi connectivity index (χ2v) is 4.79. The Morgan fingerprint density at radius 2 is 2.00 bits per heavy atom. The summed E-state index contributed by atoms with van der Waals surface area (Å²) in [5.41, 5.74) is 8.30. The van der Waals surface area contributed by atoms with Gasteiger partial charge in [-0.1, -0.05) is 30.3 Å². The number of ether oxygens (including phenoxy) is 1. The molecule has 0 aliphatic heterocycles. The van der Waals surface area contributed by atoms with Crippen LogP contribution in [0.2, 0.25) is 0 Å². The fourth-order valence-electron chi connectivity index (χ4n) is 2.21. The van der Waals surface area contributed by atoms with Gasteiger partial charge >= 0.3 is 0 Å². The quantitative estimate of drug-likeness (QED) is 0.776. The third kappa shape index (κ3) is 2.85. The van der Waals surface area contributed by atoms with Crippen LogP contribution < -0.4 is 5.73 Å². The van der Waals surface area contributed by atoms with E-state index < -0.39 is 0 Å². The molecular formula is C15H17N5O. The minimum atomic E-state index is 0.0562. The molecule has 6 nitrogen and oxygen atoms in total. The molecule has 1 unspecified atom stereocenters. The van der Waals surface area contributed by atoms with Crippen molar-refractivity contribution in [2.45, 2.75) is 19.6 Å². The monoisotopic (exact) mass is 283 g/mol. The Bertz CT molecular complexity index is 725. The molecule has 2 aromatic heterocycles. The van der Waals surface area contributed by atoms with Crippen molar-refractivity contribution in [2.24, 2.45) is 0 Å². The normalized spacial score (nSPS) is 12.6. The lowest BCUT2D eigenvalue weighted by Gasteiger charge is -2.13. The summed E-state index contributed by atoms with van der Waals surface area (Å²) in [5, 5.41) is 0. The largest absolute Gasteiger partial charge is 0.382 e. The highest BCUT2D eigenvalue weighted by atomic mass is 16.5. The average molecular weight is 283 g/mol. The molecule has 3 rings (SSSR count). The highest BCUT2D eigenvalue weighted by Gasteiger charge is 2.09. The van der Waals surface area contributed by atoms with Gasteiger partial charge in [0.25, 0.3) is 0 Å². The highest BCUT2D eigenvalue weighted by Crippen LogP contribution is 2.17. The van der Waals surface area contributed by atoms with Crippen molar-refractivity contribution < 1.29 is 4.74 Å². The van der Waals surface area contributed by atoms with Gasteiger partial charge in [0.05, 0.1) is 19.0 Å². The number of hydrogen-bond donors (Lipinski definition) is 1. The number of anilines is 1. The Balaban J connectivity index is 1.64. The third-order valence-corrected chi connectivity index (χ3v) is 3.40. The first-order valence-electron chi connectivity index (χ1n) is 6.83. The molecule has 0 aliphatic carbocycles. The van der Waals surface area contributed by atoms with E-state index in [9.17, 15) is 0 Å². The van der Waals surface area contributed by atoms with Crippen LogP contribution in [-0.2, 0) is 11.3 Å². The smallest absolute Gasteiger partial charge is 0.165 e. The zero-order valence-corrected chi connectivity index (χ0v) is 11.8. The van der Waals surface area contributed by atoms with Crippen molar-refractivity contribution in [3.63, 3.8) is 0 Å². The Labute approximate surface area is 122 Å². The number of nitrogen functional groups attached to an aromatic ring is 1. The Kier molecular flexibility index (Phi) is 3.79. The van der Waals surface area contributed by atoms with Crippen molar-refractivity contribution in [3.8, 4) is 0 Å². The summed E-state index contributed by atoms with van der Waals surface area (Å²) in [6.07, 6.45) is 3.22. The van der Waals surface area contributed by atoms with E-state index in [4.69, 9.17) is 10.5 Å². The molecule has 2 N–H and O–H groups in total. The van der Waals surface area contributed by atoms with Crippen LogP contribution in [0.3, 0.4) is 0 Å². The zero-order chi connectivity index (χ0) is 14.7. The maximum Gasteiger partial charge on any atom is 0.165 e. The van der Waals surface area contributed by atoms with Gasteiger partial charge in [-0.05, 0) is 12.5 Å². The average Bonchev–Trinajstić information content (AvgIpc) is 2.93. The number of hydrogen-bond acceptors (Lipinski definition) is 5. The molecule has 0 amide bonds. The molecule has 0 fully saturated rings. The van der Waals surface area contributed by atoms with Gasteiger partial charge in [-0.3, -0.25) is 0 Å². The molecule has 3 aromatic rings. The van der Waals surface area contributed by atoms with E-state index in [1.54, 1.807) is 6.33 Å². The van der Waals surface area contributed by atoms with Crippen LogP contribution in [-0.4, -0.2) is 26.1 Å². The summed E-state index contributed by atoms with van der Waals surface area (Å²) in [7, 11) is 0. The second kappa shape index (κ2) is 5.88. The molecule has 0 spiro atoms. The van der Waals surface area contributed by atoms with Crippen molar-refractivity contribution in [3.05, 3.63) is 48.5 Å². The van der Waals surface area contributed by atoms with Crippen molar-refractivity contribution in [1.29, 1.82) is 0 Å². The van der Waals surface area contributed by atoms with E-state index in [0.29, 0.717) is 24.5 Å². The van der Waals surface area contributed by atoms with Gasteiger partial charge < -0.3 is 15.0 Å². The van der Waals surface area contributed by atoms with E-state index in [-0.39, 0.29) is 6.10 Å². The van der Waals surface area contributed by atoms with Gasteiger partial charge in [0.15, 0.2) is 11.5 Å². The minimum absolute atomic E-state index is 0.0562. The number of imidazole rings is 1. The molecule has 2 heterocycles.